The van der Waals surface area contributed by atoms with Gasteiger partial charge in [-0.05, 0) is 21.9 Å². The molecule has 2 amide bonds. The van der Waals surface area contributed by atoms with Crippen molar-refractivity contribution in [1.29, 1.82) is 0 Å². The van der Waals surface area contributed by atoms with Gasteiger partial charge in [0.25, 0.3) is 0 Å². The highest BCUT2D eigenvalue weighted by Crippen LogP contribution is 2.20. The molecule has 0 saturated carbocycles. The maximum atomic E-state index is 12.2. The second-order valence-electron chi connectivity index (χ2n) is 7.82. The van der Waals surface area contributed by atoms with Crippen molar-refractivity contribution in [1.82, 2.24) is 15.1 Å². The maximum Gasteiger partial charge on any atom is 0.240 e. The topological polar surface area (TPSA) is 52.7 Å². The molecule has 3 aromatic carbocycles. The molecule has 1 fully saturated rings. The Balaban J connectivity index is 1.23. The van der Waals surface area contributed by atoms with E-state index in [1.807, 2.05) is 30.3 Å². The van der Waals surface area contributed by atoms with Crippen LogP contribution in [0, 0.1) is 0 Å². The summed E-state index contributed by atoms with van der Waals surface area (Å²) in [4.78, 5) is 28.9. The van der Waals surface area contributed by atoms with Crippen LogP contribution in [0.1, 0.15) is 11.1 Å². The third-order valence-electron chi connectivity index (χ3n) is 5.59. The summed E-state index contributed by atoms with van der Waals surface area (Å²) >= 11 is 0. The number of carbonyl (C=O) groups excluding carboxylic acids is 2. The zero-order valence-corrected chi connectivity index (χ0v) is 17.1. The number of hydrogen-bond donors (Lipinski definition) is 1. The van der Waals surface area contributed by atoms with Crippen LogP contribution in [0.3, 0.4) is 0 Å². The number of imide groups is 1. The molecule has 3 aromatic rings. The first kappa shape index (κ1) is 20.3. The first-order valence-electron chi connectivity index (χ1n) is 10.5. The van der Waals surface area contributed by atoms with Crippen molar-refractivity contribution >= 4 is 22.6 Å². The average Bonchev–Trinajstić information content (AvgIpc) is 2.76. The number of piperazine rings is 1. The Morgan fingerprint density at radius 2 is 1.40 bits per heavy atom. The summed E-state index contributed by atoms with van der Waals surface area (Å²) in [6.07, 6.45) is 0.228. The standard InChI is InChI=1S/C25H27N3O2/c29-24(17-20-7-2-1-3-8-20)26-25(30)19-28-15-13-27(14-16-28)18-22-11-6-10-21-9-4-5-12-23(21)22/h1-12H,13-19H2,(H,26,29,30). The lowest BCUT2D eigenvalue weighted by molar-refractivity contribution is -0.130. The highest BCUT2D eigenvalue weighted by molar-refractivity contribution is 5.96. The lowest BCUT2D eigenvalue weighted by Gasteiger charge is -2.34. The number of benzene rings is 3. The molecule has 1 aliphatic heterocycles. The quantitative estimate of drug-likeness (QED) is 0.690. The molecule has 5 nitrogen and oxygen atoms in total. The lowest BCUT2D eigenvalue weighted by atomic mass is 10.0. The van der Waals surface area contributed by atoms with Crippen molar-refractivity contribution in [3.05, 3.63) is 83.9 Å². The third kappa shape index (κ3) is 5.32. The summed E-state index contributed by atoms with van der Waals surface area (Å²) in [6.45, 7) is 4.65. The number of nitrogens with zero attached hydrogens (tertiary/aromatic N) is 2. The Labute approximate surface area is 177 Å². The molecular weight excluding hydrogens is 374 g/mol. The number of fused-ring (bicyclic) bond motifs is 1. The van der Waals surface area contributed by atoms with Gasteiger partial charge < -0.3 is 0 Å². The first-order chi connectivity index (χ1) is 14.7. The van der Waals surface area contributed by atoms with Gasteiger partial charge in [0.1, 0.15) is 0 Å². The summed E-state index contributed by atoms with van der Waals surface area (Å²) in [5.74, 6) is -0.473. The van der Waals surface area contributed by atoms with Gasteiger partial charge in [-0.2, -0.15) is 0 Å². The van der Waals surface area contributed by atoms with Gasteiger partial charge >= 0.3 is 0 Å². The molecule has 0 atom stereocenters. The van der Waals surface area contributed by atoms with Crippen LogP contribution in [0.4, 0.5) is 0 Å². The predicted octanol–water partition coefficient (Wildman–Crippen LogP) is 2.84. The van der Waals surface area contributed by atoms with E-state index in [4.69, 9.17) is 0 Å². The van der Waals surface area contributed by atoms with Crippen molar-refractivity contribution in [2.45, 2.75) is 13.0 Å². The van der Waals surface area contributed by atoms with Gasteiger partial charge in [0, 0.05) is 32.7 Å². The minimum absolute atomic E-state index is 0.224. The van der Waals surface area contributed by atoms with E-state index in [0.29, 0.717) is 0 Å². The monoisotopic (exact) mass is 401 g/mol. The van der Waals surface area contributed by atoms with Crippen molar-refractivity contribution in [2.75, 3.05) is 32.7 Å². The highest BCUT2D eigenvalue weighted by atomic mass is 16.2. The third-order valence-corrected chi connectivity index (χ3v) is 5.59. The number of rotatable bonds is 6. The Kier molecular flexibility index (Phi) is 6.52. The molecule has 0 aliphatic carbocycles. The average molecular weight is 402 g/mol. The van der Waals surface area contributed by atoms with Crippen LogP contribution in [0.25, 0.3) is 10.8 Å². The molecule has 1 heterocycles. The summed E-state index contributed by atoms with van der Waals surface area (Å²) in [7, 11) is 0. The molecule has 0 spiro atoms. The molecule has 0 radical (unpaired) electrons. The molecule has 154 valence electrons. The predicted molar refractivity (Wildman–Crippen MR) is 119 cm³/mol. The van der Waals surface area contributed by atoms with E-state index < -0.39 is 0 Å². The summed E-state index contributed by atoms with van der Waals surface area (Å²) in [5, 5.41) is 5.09. The van der Waals surface area contributed by atoms with Gasteiger partial charge in [-0.25, -0.2) is 0 Å². The molecule has 4 rings (SSSR count). The Bertz CT molecular complexity index is 1010. The Hall–Kier alpha value is -3.02. The largest absolute Gasteiger partial charge is 0.297 e. The van der Waals surface area contributed by atoms with Gasteiger partial charge in [0.2, 0.25) is 11.8 Å². The lowest BCUT2D eigenvalue weighted by Crippen LogP contribution is -2.49. The molecule has 0 unspecified atom stereocenters. The van der Waals surface area contributed by atoms with Crippen LogP contribution in [0.15, 0.2) is 72.8 Å². The normalized spacial score (nSPS) is 15.2. The smallest absolute Gasteiger partial charge is 0.240 e. The van der Waals surface area contributed by atoms with E-state index in [1.54, 1.807) is 0 Å². The van der Waals surface area contributed by atoms with Gasteiger partial charge in [-0.15, -0.1) is 0 Å². The second kappa shape index (κ2) is 9.65. The Morgan fingerprint density at radius 1 is 0.733 bits per heavy atom. The van der Waals surface area contributed by atoms with Gasteiger partial charge in [-0.1, -0.05) is 72.8 Å². The van der Waals surface area contributed by atoms with Gasteiger partial charge in [0.15, 0.2) is 0 Å². The highest BCUT2D eigenvalue weighted by Gasteiger charge is 2.20. The summed E-state index contributed by atoms with van der Waals surface area (Å²) in [6, 6.07) is 24.4. The molecule has 1 saturated heterocycles. The molecule has 0 bridgehead atoms. The van der Waals surface area contributed by atoms with Crippen LogP contribution in [-0.4, -0.2) is 54.3 Å². The minimum Gasteiger partial charge on any atom is -0.297 e. The van der Waals surface area contributed by atoms with Crippen LogP contribution in [0.5, 0.6) is 0 Å². The van der Waals surface area contributed by atoms with E-state index in [-0.39, 0.29) is 24.8 Å². The Morgan fingerprint density at radius 3 is 2.20 bits per heavy atom. The van der Waals surface area contributed by atoms with E-state index >= 15 is 0 Å². The van der Waals surface area contributed by atoms with Crippen molar-refractivity contribution in [2.24, 2.45) is 0 Å². The fourth-order valence-electron chi connectivity index (χ4n) is 4.00. The number of amides is 2. The first-order valence-corrected chi connectivity index (χ1v) is 10.5. The van der Waals surface area contributed by atoms with E-state index in [0.717, 1.165) is 38.3 Å². The molecule has 1 N–H and O–H groups in total. The van der Waals surface area contributed by atoms with E-state index in [9.17, 15) is 9.59 Å². The molecule has 30 heavy (non-hydrogen) atoms. The van der Waals surface area contributed by atoms with Crippen molar-refractivity contribution in [3.8, 4) is 0 Å². The van der Waals surface area contributed by atoms with E-state index in [1.165, 1.54) is 16.3 Å². The van der Waals surface area contributed by atoms with Crippen LogP contribution in [-0.2, 0) is 22.6 Å². The molecule has 5 heteroatoms. The molecule has 1 aliphatic rings. The van der Waals surface area contributed by atoms with Crippen LogP contribution < -0.4 is 5.32 Å². The number of hydrogen-bond acceptors (Lipinski definition) is 4. The van der Waals surface area contributed by atoms with Gasteiger partial charge in [-0.3, -0.25) is 24.7 Å². The fraction of sp³-hybridized carbons (Fsp3) is 0.280. The number of nitrogens with one attached hydrogen (secondary N) is 1. The zero-order chi connectivity index (χ0) is 20.8. The summed E-state index contributed by atoms with van der Waals surface area (Å²) in [5.41, 5.74) is 2.25. The minimum atomic E-state index is -0.249. The van der Waals surface area contributed by atoms with E-state index in [2.05, 4.69) is 57.6 Å². The van der Waals surface area contributed by atoms with Crippen LogP contribution >= 0.6 is 0 Å². The second-order valence-corrected chi connectivity index (χ2v) is 7.82. The molecule has 0 aromatic heterocycles. The van der Waals surface area contributed by atoms with Gasteiger partial charge in [0.05, 0.1) is 13.0 Å². The van der Waals surface area contributed by atoms with Crippen molar-refractivity contribution < 1.29 is 9.59 Å². The van der Waals surface area contributed by atoms with Crippen LogP contribution in [0.2, 0.25) is 0 Å². The molecular formula is C25H27N3O2. The maximum absolute atomic E-state index is 12.2. The zero-order valence-electron chi connectivity index (χ0n) is 17.1. The summed E-state index contributed by atoms with van der Waals surface area (Å²) < 4.78 is 0. The van der Waals surface area contributed by atoms with Crippen molar-refractivity contribution in [3.63, 3.8) is 0 Å². The number of carbonyl (C=O) groups is 2. The fourth-order valence-corrected chi connectivity index (χ4v) is 4.00. The SMILES string of the molecule is O=C(Cc1ccccc1)NC(=O)CN1CCN(Cc2cccc3ccccc23)CC1.